The van der Waals surface area contributed by atoms with Crippen molar-refractivity contribution in [1.82, 2.24) is 10.3 Å². The fraction of sp³-hybridized carbons (Fsp3) is 0.176. The minimum absolute atomic E-state index is 0.00267. The molecule has 4 nitrogen and oxygen atoms in total. The van der Waals surface area contributed by atoms with Gasteiger partial charge in [-0.25, -0.2) is 4.98 Å². The Morgan fingerprint density at radius 3 is 2.95 bits per heavy atom. The highest BCUT2D eigenvalue weighted by molar-refractivity contribution is 5.80. The Morgan fingerprint density at radius 2 is 2.10 bits per heavy atom. The second kappa shape index (κ2) is 5.79. The van der Waals surface area contributed by atoms with Crippen molar-refractivity contribution in [2.45, 2.75) is 19.9 Å². The molecular weight excluding hydrogens is 264 g/mol. The number of fused-ring (bicyclic) bond motifs is 1. The van der Waals surface area contributed by atoms with E-state index >= 15 is 0 Å². The van der Waals surface area contributed by atoms with Crippen molar-refractivity contribution in [3.05, 3.63) is 65.5 Å². The van der Waals surface area contributed by atoms with Gasteiger partial charge in [0.1, 0.15) is 5.52 Å². The van der Waals surface area contributed by atoms with E-state index in [2.05, 4.69) is 10.3 Å². The average Bonchev–Trinajstić information content (AvgIpc) is 2.94. The Labute approximate surface area is 122 Å². The van der Waals surface area contributed by atoms with Crippen molar-refractivity contribution in [2.75, 3.05) is 0 Å². The highest BCUT2D eigenvalue weighted by Gasteiger charge is 2.06. The first-order chi connectivity index (χ1) is 10.2. The van der Waals surface area contributed by atoms with Gasteiger partial charge >= 0.3 is 0 Å². The van der Waals surface area contributed by atoms with Crippen LogP contribution in [-0.2, 0) is 17.8 Å². The summed E-state index contributed by atoms with van der Waals surface area (Å²) in [7, 11) is 0. The molecule has 0 saturated carbocycles. The van der Waals surface area contributed by atoms with Gasteiger partial charge < -0.3 is 9.73 Å². The maximum atomic E-state index is 12.0. The minimum atomic E-state index is -0.00267. The van der Waals surface area contributed by atoms with E-state index in [4.69, 9.17) is 4.42 Å². The van der Waals surface area contributed by atoms with Crippen LogP contribution in [0.25, 0.3) is 11.1 Å². The zero-order valence-electron chi connectivity index (χ0n) is 11.8. The van der Waals surface area contributed by atoms with Crippen LogP contribution in [0.3, 0.4) is 0 Å². The van der Waals surface area contributed by atoms with Crippen LogP contribution in [0, 0.1) is 6.92 Å². The molecule has 0 unspecified atom stereocenters. The van der Waals surface area contributed by atoms with Crippen molar-refractivity contribution in [3.63, 3.8) is 0 Å². The third-order valence-corrected chi connectivity index (χ3v) is 3.50. The highest BCUT2D eigenvalue weighted by atomic mass is 16.3. The third-order valence-electron chi connectivity index (χ3n) is 3.50. The number of carbonyl (C=O) groups excluding carboxylic acids is 1. The topological polar surface area (TPSA) is 55.1 Å². The molecule has 0 aliphatic carbocycles. The lowest BCUT2D eigenvalue weighted by atomic mass is 10.1. The molecule has 0 aliphatic heterocycles. The number of carbonyl (C=O) groups is 1. The van der Waals surface area contributed by atoms with E-state index in [9.17, 15) is 4.79 Å². The van der Waals surface area contributed by atoms with Gasteiger partial charge in [-0.15, -0.1) is 0 Å². The first kappa shape index (κ1) is 13.4. The lowest BCUT2D eigenvalue weighted by molar-refractivity contribution is -0.120. The van der Waals surface area contributed by atoms with Crippen molar-refractivity contribution in [2.24, 2.45) is 0 Å². The molecular formula is C17H16N2O2. The summed E-state index contributed by atoms with van der Waals surface area (Å²) in [5.41, 5.74) is 4.75. The van der Waals surface area contributed by atoms with E-state index in [0.717, 1.165) is 16.6 Å². The van der Waals surface area contributed by atoms with Gasteiger partial charge in [-0.2, -0.15) is 0 Å². The van der Waals surface area contributed by atoms with Crippen molar-refractivity contribution in [3.8, 4) is 0 Å². The van der Waals surface area contributed by atoms with Crippen LogP contribution in [0.5, 0.6) is 0 Å². The summed E-state index contributed by atoms with van der Waals surface area (Å²) in [5, 5.41) is 2.94. The normalized spacial score (nSPS) is 10.7. The highest BCUT2D eigenvalue weighted by Crippen LogP contribution is 2.14. The van der Waals surface area contributed by atoms with Crippen LogP contribution >= 0.6 is 0 Å². The molecule has 0 spiro atoms. The summed E-state index contributed by atoms with van der Waals surface area (Å²) >= 11 is 0. The van der Waals surface area contributed by atoms with Crippen LogP contribution in [-0.4, -0.2) is 10.9 Å². The molecule has 1 N–H and O–H groups in total. The van der Waals surface area contributed by atoms with E-state index in [1.54, 1.807) is 0 Å². The number of hydrogen-bond acceptors (Lipinski definition) is 3. The van der Waals surface area contributed by atoms with Gasteiger partial charge in [0.05, 0.1) is 6.42 Å². The molecule has 0 bridgehead atoms. The minimum Gasteiger partial charge on any atom is -0.443 e. The molecule has 106 valence electrons. The SMILES string of the molecule is Cc1ccccc1CNC(=O)Cc1ccc2ncoc2c1. The van der Waals surface area contributed by atoms with Gasteiger partial charge in [-0.05, 0) is 35.7 Å². The van der Waals surface area contributed by atoms with Gasteiger partial charge in [-0.1, -0.05) is 30.3 Å². The van der Waals surface area contributed by atoms with E-state index in [1.165, 1.54) is 12.0 Å². The quantitative estimate of drug-likeness (QED) is 0.799. The number of nitrogens with zero attached hydrogens (tertiary/aromatic N) is 1. The summed E-state index contributed by atoms with van der Waals surface area (Å²) in [6.45, 7) is 2.59. The van der Waals surface area contributed by atoms with Crippen LogP contribution in [0.2, 0.25) is 0 Å². The summed E-state index contributed by atoms with van der Waals surface area (Å²) < 4.78 is 5.24. The summed E-state index contributed by atoms with van der Waals surface area (Å²) in [6, 6.07) is 13.7. The number of rotatable bonds is 4. The maximum Gasteiger partial charge on any atom is 0.224 e. The van der Waals surface area contributed by atoms with E-state index in [-0.39, 0.29) is 5.91 Å². The molecule has 0 radical (unpaired) electrons. The number of oxazole rings is 1. The zero-order valence-corrected chi connectivity index (χ0v) is 11.8. The van der Waals surface area contributed by atoms with E-state index < -0.39 is 0 Å². The van der Waals surface area contributed by atoms with E-state index in [0.29, 0.717) is 18.5 Å². The second-order valence-corrected chi connectivity index (χ2v) is 5.03. The first-order valence-electron chi connectivity index (χ1n) is 6.86. The van der Waals surface area contributed by atoms with Crippen LogP contribution < -0.4 is 5.32 Å². The second-order valence-electron chi connectivity index (χ2n) is 5.03. The smallest absolute Gasteiger partial charge is 0.224 e. The van der Waals surface area contributed by atoms with Gasteiger partial charge in [0.25, 0.3) is 0 Å². The van der Waals surface area contributed by atoms with Gasteiger partial charge in [0.15, 0.2) is 12.0 Å². The van der Waals surface area contributed by atoms with Crippen LogP contribution in [0.4, 0.5) is 0 Å². The third kappa shape index (κ3) is 3.11. The molecule has 1 amide bonds. The van der Waals surface area contributed by atoms with Crippen LogP contribution in [0.15, 0.2) is 53.3 Å². The van der Waals surface area contributed by atoms with Gasteiger partial charge in [0.2, 0.25) is 5.91 Å². The number of nitrogens with one attached hydrogen (secondary N) is 1. The Morgan fingerprint density at radius 1 is 1.24 bits per heavy atom. The maximum absolute atomic E-state index is 12.0. The molecule has 3 rings (SSSR count). The molecule has 4 heteroatoms. The molecule has 21 heavy (non-hydrogen) atoms. The van der Waals surface area contributed by atoms with Crippen molar-refractivity contribution >= 4 is 17.0 Å². The monoisotopic (exact) mass is 280 g/mol. The summed E-state index contributed by atoms with van der Waals surface area (Å²) in [5.74, 6) is -0.00267. The van der Waals surface area contributed by atoms with Crippen molar-refractivity contribution in [1.29, 1.82) is 0 Å². The summed E-state index contributed by atoms with van der Waals surface area (Å²) in [6.07, 6.45) is 1.75. The predicted octanol–water partition coefficient (Wildman–Crippen LogP) is 3.00. The van der Waals surface area contributed by atoms with E-state index in [1.807, 2.05) is 49.4 Å². The van der Waals surface area contributed by atoms with Crippen molar-refractivity contribution < 1.29 is 9.21 Å². The molecule has 0 aliphatic rings. The number of hydrogen-bond donors (Lipinski definition) is 1. The number of benzene rings is 2. The lowest BCUT2D eigenvalue weighted by Gasteiger charge is -2.08. The molecule has 0 atom stereocenters. The molecule has 0 saturated heterocycles. The first-order valence-corrected chi connectivity index (χ1v) is 6.86. The molecule has 1 heterocycles. The lowest BCUT2D eigenvalue weighted by Crippen LogP contribution is -2.24. The fourth-order valence-electron chi connectivity index (χ4n) is 2.26. The van der Waals surface area contributed by atoms with Gasteiger partial charge in [0, 0.05) is 6.54 Å². The van der Waals surface area contributed by atoms with Crippen LogP contribution in [0.1, 0.15) is 16.7 Å². The largest absolute Gasteiger partial charge is 0.443 e. The number of aryl methyl sites for hydroxylation is 1. The fourth-order valence-corrected chi connectivity index (χ4v) is 2.26. The Kier molecular flexibility index (Phi) is 3.69. The Bertz CT molecular complexity index is 777. The molecule has 2 aromatic carbocycles. The number of amides is 1. The Balaban J connectivity index is 1.62. The molecule has 1 aromatic heterocycles. The summed E-state index contributed by atoms with van der Waals surface area (Å²) in [4.78, 5) is 16.1. The number of aromatic nitrogens is 1. The predicted molar refractivity (Wildman–Crippen MR) is 80.7 cm³/mol. The zero-order chi connectivity index (χ0) is 14.7. The molecule has 0 fully saturated rings. The standard InChI is InChI=1S/C17H16N2O2/c1-12-4-2-3-5-14(12)10-18-17(20)9-13-6-7-15-16(8-13)21-11-19-15/h2-8,11H,9-10H2,1H3,(H,18,20). The average molecular weight is 280 g/mol. The Hall–Kier alpha value is -2.62. The molecule has 3 aromatic rings. The van der Waals surface area contributed by atoms with Gasteiger partial charge in [-0.3, -0.25) is 4.79 Å².